The molecule has 0 atom stereocenters. The Kier molecular flexibility index (Phi) is 6.24. The van der Waals surface area contributed by atoms with E-state index in [2.05, 4.69) is 10.6 Å². The monoisotopic (exact) mass is 434 g/mol. The van der Waals surface area contributed by atoms with E-state index >= 15 is 0 Å². The largest absolute Gasteiger partial charge is 0.323 e. The summed E-state index contributed by atoms with van der Waals surface area (Å²) in [6.45, 7) is 0. The molecule has 0 aliphatic carbocycles. The highest BCUT2D eigenvalue weighted by atomic mass is 35.5. The van der Waals surface area contributed by atoms with Crippen molar-refractivity contribution < 1.29 is 13.2 Å². The van der Waals surface area contributed by atoms with E-state index in [1.165, 1.54) is 18.2 Å². The highest BCUT2D eigenvalue weighted by molar-refractivity contribution is 7.90. The molecule has 0 aliphatic rings. The molecule has 0 aromatic heterocycles. The number of urea groups is 1. The Labute approximate surface area is 173 Å². The lowest BCUT2D eigenvalue weighted by atomic mass is 10.2. The first-order chi connectivity index (χ1) is 13.3. The van der Waals surface area contributed by atoms with Gasteiger partial charge in [-0.2, -0.15) is 0 Å². The molecule has 0 radical (unpaired) electrons. The Morgan fingerprint density at radius 3 is 1.89 bits per heavy atom. The van der Waals surface area contributed by atoms with Crippen LogP contribution in [0, 0.1) is 0 Å². The van der Waals surface area contributed by atoms with Crippen molar-refractivity contribution in [3.63, 3.8) is 0 Å². The number of hydrogen-bond acceptors (Lipinski definition) is 3. The minimum Gasteiger partial charge on any atom is -0.308 e. The lowest BCUT2D eigenvalue weighted by Crippen LogP contribution is -2.19. The van der Waals surface area contributed by atoms with Crippen LogP contribution in [-0.4, -0.2) is 14.4 Å². The molecule has 0 fully saturated rings. The van der Waals surface area contributed by atoms with E-state index in [1.807, 2.05) is 18.2 Å². The number of halogens is 2. The van der Waals surface area contributed by atoms with E-state index in [0.717, 1.165) is 0 Å². The van der Waals surface area contributed by atoms with Crippen molar-refractivity contribution in [2.24, 2.45) is 0 Å². The van der Waals surface area contributed by atoms with Crippen molar-refractivity contribution in [1.29, 1.82) is 0 Å². The van der Waals surface area contributed by atoms with Gasteiger partial charge in [-0.05, 0) is 48.0 Å². The molecule has 0 saturated carbocycles. The zero-order valence-corrected chi connectivity index (χ0v) is 16.9. The average Bonchev–Trinajstić information content (AvgIpc) is 2.63. The third-order valence-corrected chi connectivity index (χ3v) is 5.90. The molecule has 144 valence electrons. The van der Waals surface area contributed by atoms with E-state index < -0.39 is 9.84 Å². The highest BCUT2D eigenvalue weighted by Gasteiger charge is 2.17. The summed E-state index contributed by atoms with van der Waals surface area (Å²) < 4.78 is 25.1. The van der Waals surface area contributed by atoms with Crippen molar-refractivity contribution in [1.82, 2.24) is 0 Å². The van der Waals surface area contributed by atoms with Crippen LogP contribution in [0.5, 0.6) is 0 Å². The zero-order valence-electron chi connectivity index (χ0n) is 14.5. The molecule has 0 saturated heterocycles. The predicted octanol–water partition coefficient (Wildman–Crippen LogP) is 5.61. The van der Waals surface area contributed by atoms with Crippen molar-refractivity contribution in [2.45, 2.75) is 10.6 Å². The van der Waals surface area contributed by atoms with Gasteiger partial charge in [0.2, 0.25) is 0 Å². The second-order valence-electron chi connectivity index (χ2n) is 6.01. The maximum Gasteiger partial charge on any atom is 0.323 e. The van der Waals surface area contributed by atoms with Gasteiger partial charge in [-0.3, -0.25) is 0 Å². The first kappa shape index (κ1) is 20.2. The topological polar surface area (TPSA) is 75.3 Å². The first-order valence-electron chi connectivity index (χ1n) is 8.23. The minimum atomic E-state index is -3.60. The molecule has 28 heavy (non-hydrogen) atoms. The van der Waals surface area contributed by atoms with Gasteiger partial charge in [-0.1, -0.05) is 53.5 Å². The number of anilines is 2. The Morgan fingerprint density at radius 1 is 0.786 bits per heavy atom. The molecule has 0 bridgehead atoms. The minimum absolute atomic E-state index is 0.0643. The summed E-state index contributed by atoms with van der Waals surface area (Å²) >= 11 is 11.8. The van der Waals surface area contributed by atoms with Gasteiger partial charge in [-0.15, -0.1) is 0 Å². The highest BCUT2D eigenvalue weighted by Crippen LogP contribution is 2.25. The molecular formula is C20H16Cl2N2O3S. The fourth-order valence-electron chi connectivity index (χ4n) is 2.51. The van der Waals surface area contributed by atoms with E-state index in [9.17, 15) is 13.2 Å². The normalized spacial score (nSPS) is 11.1. The van der Waals surface area contributed by atoms with E-state index in [1.54, 1.807) is 36.4 Å². The molecule has 0 spiro atoms. The fourth-order valence-corrected chi connectivity index (χ4v) is 4.58. The van der Waals surface area contributed by atoms with Crippen LogP contribution in [0.2, 0.25) is 10.0 Å². The number of para-hydroxylation sites is 1. The Balaban J connectivity index is 1.66. The van der Waals surface area contributed by atoms with Crippen molar-refractivity contribution >= 4 is 50.4 Å². The van der Waals surface area contributed by atoms with Crippen LogP contribution in [0.3, 0.4) is 0 Å². The molecule has 0 aliphatic heterocycles. The smallest absolute Gasteiger partial charge is 0.308 e. The van der Waals surface area contributed by atoms with E-state index in [-0.39, 0.29) is 26.7 Å². The maximum absolute atomic E-state index is 12.6. The molecule has 3 rings (SSSR count). The quantitative estimate of drug-likeness (QED) is 0.547. The molecule has 2 N–H and O–H groups in total. The maximum atomic E-state index is 12.6. The van der Waals surface area contributed by atoms with Gasteiger partial charge < -0.3 is 10.6 Å². The zero-order chi connectivity index (χ0) is 20.1. The van der Waals surface area contributed by atoms with Crippen LogP contribution in [-0.2, 0) is 15.6 Å². The number of carbonyl (C=O) groups is 1. The molecule has 5 nitrogen and oxygen atoms in total. The van der Waals surface area contributed by atoms with Crippen LogP contribution in [0.1, 0.15) is 5.56 Å². The van der Waals surface area contributed by atoms with Crippen molar-refractivity contribution in [2.75, 3.05) is 10.6 Å². The number of hydrogen-bond donors (Lipinski definition) is 2. The van der Waals surface area contributed by atoms with Gasteiger partial charge in [0.05, 0.1) is 10.6 Å². The van der Waals surface area contributed by atoms with Gasteiger partial charge in [-0.25, -0.2) is 13.2 Å². The summed E-state index contributed by atoms with van der Waals surface area (Å²) in [6.07, 6.45) is 0. The van der Waals surface area contributed by atoms with Crippen LogP contribution in [0.4, 0.5) is 16.2 Å². The van der Waals surface area contributed by atoms with Crippen molar-refractivity contribution in [3.05, 3.63) is 88.4 Å². The van der Waals surface area contributed by atoms with Gasteiger partial charge >= 0.3 is 6.03 Å². The second kappa shape index (κ2) is 8.65. The van der Waals surface area contributed by atoms with Gasteiger partial charge in [0.25, 0.3) is 0 Å². The molecule has 3 aromatic carbocycles. The number of sulfone groups is 1. The van der Waals surface area contributed by atoms with Crippen LogP contribution in [0.15, 0.2) is 77.7 Å². The SMILES string of the molecule is O=C(Nc1ccccc1)Nc1ccc(CS(=O)(=O)c2cc(Cl)cc(Cl)c2)cc1. The summed E-state index contributed by atoms with van der Waals surface area (Å²) in [5.74, 6) is -0.208. The molecule has 3 aromatic rings. The molecule has 0 unspecified atom stereocenters. The molecule has 0 heterocycles. The summed E-state index contributed by atoms with van der Waals surface area (Å²) in [5.41, 5.74) is 1.79. The standard InChI is InChI=1S/C20H16Cl2N2O3S/c21-15-10-16(22)12-19(11-15)28(26,27)13-14-6-8-18(9-7-14)24-20(25)23-17-4-2-1-3-5-17/h1-12H,13H2,(H2,23,24,25). The summed E-state index contributed by atoms with van der Waals surface area (Å²) in [5, 5.41) is 5.92. The Morgan fingerprint density at radius 2 is 1.32 bits per heavy atom. The van der Waals surface area contributed by atoms with Gasteiger partial charge in [0, 0.05) is 21.4 Å². The van der Waals surface area contributed by atoms with Crippen LogP contribution in [0.25, 0.3) is 0 Å². The predicted molar refractivity (Wildman–Crippen MR) is 113 cm³/mol. The van der Waals surface area contributed by atoms with Gasteiger partial charge in [0.1, 0.15) is 0 Å². The number of amides is 2. The lowest BCUT2D eigenvalue weighted by molar-refractivity contribution is 0.262. The first-order valence-corrected chi connectivity index (χ1v) is 10.6. The van der Waals surface area contributed by atoms with Gasteiger partial charge in [0.15, 0.2) is 9.84 Å². The van der Waals surface area contributed by atoms with Crippen molar-refractivity contribution in [3.8, 4) is 0 Å². The lowest BCUT2D eigenvalue weighted by Gasteiger charge is -2.09. The molecule has 2 amide bonds. The van der Waals surface area contributed by atoms with Crippen LogP contribution < -0.4 is 10.6 Å². The molecular weight excluding hydrogens is 419 g/mol. The number of carbonyl (C=O) groups excluding carboxylic acids is 1. The third kappa shape index (κ3) is 5.48. The third-order valence-electron chi connectivity index (χ3n) is 3.80. The summed E-state index contributed by atoms with van der Waals surface area (Å²) in [4.78, 5) is 12.1. The average molecular weight is 435 g/mol. The number of benzene rings is 3. The van der Waals surface area contributed by atoms with E-state index in [4.69, 9.17) is 23.2 Å². The summed E-state index contributed by atoms with van der Waals surface area (Å²) in [6, 6.07) is 19.4. The second-order valence-corrected chi connectivity index (χ2v) is 8.87. The Hall–Kier alpha value is -2.54. The summed E-state index contributed by atoms with van der Waals surface area (Å²) in [7, 11) is -3.60. The fraction of sp³-hybridized carbons (Fsp3) is 0.0500. The molecule has 8 heteroatoms. The number of nitrogens with one attached hydrogen (secondary N) is 2. The number of rotatable bonds is 5. The van der Waals surface area contributed by atoms with Crippen LogP contribution >= 0.6 is 23.2 Å². The van der Waals surface area contributed by atoms with E-state index in [0.29, 0.717) is 16.9 Å². The Bertz CT molecular complexity index is 1070.